The first kappa shape index (κ1) is 16.0. The van der Waals surface area contributed by atoms with Gasteiger partial charge in [0.05, 0.1) is 5.52 Å². The van der Waals surface area contributed by atoms with Crippen LogP contribution >= 0.6 is 22.6 Å². The molecule has 23 heavy (non-hydrogen) atoms. The Labute approximate surface area is 150 Å². The first-order valence-electron chi connectivity index (χ1n) is 7.73. The lowest BCUT2D eigenvalue weighted by molar-refractivity contribution is 0.866. The molecule has 0 radical (unpaired) electrons. The SMILES string of the molecule is CCN(CC)c1ccc(Nc2ncnc3ccc(I)cc23)cc1. The highest BCUT2D eigenvalue weighted by Crippen LogP contribution is 2.25. The molecule has 0 aliphatic carbocycles. The first-order chi connectivity index (χ1) is 11.2. The largest absolute Gasteiger partial charge is 0.372 e. The minimum Gasteiger partial charge on any atom is -0.372 e. The van der Waals surface area contributed by atoms with Gasteiger partial charge in [-0.25, -0.2) is 9.97 Å². The van der Waals surface area contributed by atoms with Gasteiger partial charge in [0, 0.05) is 33.4 Å². The van der Waals surface area contributed by atoms with Crippen LogP contribution in [0.2, 0.25) is 0 Å². The minimum absolute atomic E-state index is 0.837. The van der Waals surface area contributed by atoms with Gasteiger partial charge in [0.15, 0.2) is 0 Å². The lowest BCUT2D eigenvalue weighted by Gasteiger charge is -2.21. The molecule has 0 unspecified atom stereocenters. The number of fused-ring (bicyclic) bond motifs is 1. The summed E-state index contributed by atoms with van der Waals surface area (Å²) in [7, 11) is 0. The van der Waals surface area contributed by atoms with Crippen LogP contribution in [0.15, 0.2) is 48.8 Å². The third-order valence-corrected chi connectivity index (χ3v) is 4.53. The monoisotopic (exact) mass is 418 g/mol. The molecule has 5 heteroatoms. The van der Waals surface area contributed by atoms with Gasteiger partial charge in [0.1, 0.15) is 12.1 Å². The number of nitrogens with zero attached hydrogens (tertiary/aromatic N) is 3. The molecule has 1 aromatic heterocycles. The Hall–Kier alpha value is -1.89. The third-order valence-electron chi connectivity index (χ3n) is 3.86. The molecule has 0 amide bonds. The Balaban J connectivity index is 1.89. The summed E-state index contributed by atoms with van der Waals surface area (Å²) in [5.41, 5.74) is 3.21. The second kappa shape index (κ2) is 7.12. The fourth-order valence-electron chi connectivity index (χ4n) is 2.61. The molecule has 0 aliphatic heterocycles. The van der Waals surface area contributed by atoms with E-state index in [0.29, 0.717) is 0 Å². The Morgan fingerprint density at radius 2 is 1.74 bits per heavy atom. The molecule has 0 bridgehead atoms. The maximum atomic E-state index is 4.40. The standard InChI is InChI=1S/C18H19IN4/c1-3-23(4-2)15-8-6-14(7-9-15)22-18-16-11-13(19)5-10-17(16)20-12-21-18/h5-12H,3-4H2,1-2H3,(H,20,21,22). The molecule has 3 aromatic rings. The zero-order chi connectivity index (χ0) is 16.2. The molecule has 2 aromatic carbocycles. The molecule has 3 rings (SSSR count). The van der Waals surface area contributed by atoms with Crippen LogP contribution in [0.4, 0.5) is 17.2 Å². The van der Waals surface area contributed by atoms with Crippen molar-refractivity contribution in [2.75, 3.05) is 23.3 Å². The van der Waals surface area contributed by atoms with Crippen LogP contribution < -0.4 is 10.2 Å². The number of rotatable bonds is 5. The van der Waals surface area contributed by atoms with Gasteiger partial charge in [-0.05, 0) is 78.9 Å². The van der Waals surface area contributed by atoms with Crippen LogP contribution in [0.1, 0.15) is 13.8 Å². The fourth-order valence-corrected chi connectivity index (χ4v) is 3.10. The molecule has 0 atom stereocenters. The van der Waals surface area contributed by atoms with Crippen LogP contribution in [0.3, 0.4) is 0 Å². The van der Waals surface area contributed by atoms with Gasteiger partial charge in [0.2, 0.25) is 0 Å². The molecule has 0 aliphatic rings. The highest BCUT2D eigenvalue weighted by atomic mass is 127. The molecule has 4 nitrogen and oxygen atoms in total. The van der Waals surface area contributed by atoms with Crippen LogP contribution in [0.25, 0.3) is 10.9 Å². The van der Waals surface area contributed by atoms with E-state index < -0.39 is 0 Å². The van der Waals surface area contributed by atoms with Gasteiger partial charge in [-0.2, -0.15) is 0 Å². The van der Waals surface area contributed by atoms with E-state index in [4.69, 9.17) is 0 Å². The van der Waals surface area contributed by atoms with Gasteiger partial charge < -0.3 is 10.2 Å². The number of benzene rings is 2. The predicted octanol–water partition coefficient (Wildman–Crippen LogP) is 4.82. The van der Waals surface area contributed by atoms with Gasteiger partial charge in [0.25, 0.3) is 0 Å². The van der Waals surface area contributed by atoms with Crippen LogP contribution in [0, 0.1) is 3.57 Å². The van der Waals surface area contributed by atoms with Crippen molar-refractivity contribution < 1.29 is 0 Å². The minimum atomic E-state index is 0.837. The van der Waals surface area contributed by atoms with Gasteiger partial charge in [-0.3, -0.25) is 0 Å². The van der Waals surface area contributed by atoms with E-state index in [0.717, 1.165) is 35.5 Å². The van der Waals surface area contributed by atoms with E-state index in [-0.39, 0.29) is 0 Å². The number of aromatic nitrogens is 2. The van der Waals surface area contributed by atoms with Crippen molar-refractivity contribution in [2.45, 2.75) is 13.8 Å². The highest BCUT2D eigenvalue weighted by Gasteiger charge is 2.06. The number of halogens is 1. The summed E-state index contributed by atoms with van der Waals surface area (Å²) in [6.07, 6.45) is 1.60. The summed E-state index contributed by atoms with van der Waals surface area (Å²) in [4.78, 5) is 11.0. The lowest BCUT2D eigenvalue weighted by atomic mass is 10.2. The van der Waals surface area contributed by atoms with Crippen molar-refractivity contribution in [1.29, 1.82) is 0 Å². The van der Waals surface area contributed by atoms with Gasteiger partial charge in [-0.15, -0.1) is 0 Å². The molecule has 118 valence electrons. The average molecular weight is 418 g/mol. The molecular weight excluding hydrogens is 399 g/mol. The summed E-state index contributed by atoms with van der Waals surface area (Å²) in [5.74, 6) is 0.837. The Morgan fingerprint density at radius 1 is 1.00 bits per heavy atom. The smallest absolute Gasteiger partial charge is 0.141 e. The quantitative estimate of drug-likeness (QED) is 0.603. The summed E-state index contributed by atoms with van der Waals surface area (Å²) in [6.45, 7) is 6.37. The van der Waals surface area contributed by atoms with Crippen LogP contribution in [-0.4, -0.2) is 23.1 Å². The van der Waals surface area contributed by atoms with E-state index >= 15 is 0 Å². The molecular formula is C18H19IN4. The highest BCUT2D eigenvalue weighted by molar-refractivity contribution is 14.1. The fraction of sp³-hybridized carbons (Fsp3) is 0.222. The van der Waals surface area contributed by atoms with Gasteiger partial charge >= 0.3 is 0 Å². The van der Waals surface area contributed by atoms with Crippen LogP contribution in [-0.2, 0) is 0 Å². The number of hydrogen-bond acceptors (Lipinski definition) is 4. The summed E-state index contributed by atoms with van der Waals surface area (Å²) in [5, 5.41) is 4.44. The Bertz CT molecular complexity index is 798. The van der Waals surface area contributed by atoms with Crippen molar-refractivity contribution in [3.05, 3.63) is 52.4 Å². The van der Waals surface area contributed by atoms with E-state index in [1.807, 2.05) is 6.07 Å². The van der Waals surface area contributed by atoms with E-state index in [2.05, 4.69) is 93.0 Å². The third kappa shape index (κ3) is 3.55. The number of nitrogens with one attached hydrogen (secondary N) is 1. The van der Waals surface area contributed by atoms with Crippen molar-refractivity contribution in [1.82, 2.24) is 9.97 Å². The summed E-state index contributed by atoms with van der Waals surface area (Å²) < 4.78 is 1.17. The molecule has 0 fully saturated rings. The van der Waals surface area contributed by atoms with E-state index in [1.54, 1.807) is 6.33 Å². The van der Waals surface area contributed by atoms with Crippen molar-refractivity contribution in [2.24, 2.45) is 0 Å². The Kier molecular flexibility index (Phi) is 4.95. The van der Waals surface area contributed by atoms with Gasteiger partial charge in [-0.1, -0.05) is 0 Å². The van der Waals surface area contributed by atoms with E-state index in [1.165, 1.54) is 9.26 Å². The maximum Gasteiger partial charge on any atom is 0.141 e. The second-order valence-electron chi connectivity index (χ2n) is 5.23. The van der Waals surface area contributed by atoms with Crippen molar-refractivity contribution >= 4 is 50.7 Å². The maximum absolute atomic E-state index is 4.40. The second-order valence-corrected chi connectivity index (χ2v) is 6.47. The normalized spacial score (nSPS) is 10.7. The topological polar surface area (TPSA) is 41.0 Å². The molecule has 0 saturated carbocycles. The molecule has 0 spiro atoms. The Morgan fingerprint density at radius 3 is 2.43 bits per heavy atom. The summed E-state index contributed by atoms with van der Waals surface area (Å²) in [6, 6.07) is 14.6. The zero-order valence-electron chi connectivity index (χ0n) is 13.3. The number of hydrogen-bond donors (Lipinski definition) is 1. The lowest BCUT2D eigenvalue weighted by Crippen LogP contribution is -2.21. The van der Waals surface area contributed by atoms with Crippen LogP contribution in [0.5, 0.6) is 0 Å². The average Bonchev–Trinajstić information content (AvgIpc) is 2.58. The number of anilines is 3. The molecule has 1 N–H and O–H groups in total. The molecule has 0 saturated heterocycles. The van der Waals surface area contributed by atoms with Crippen molar-refractivity contribution in [3.8, 4) is 0 Å². The predicted molar refractivity (Wildman–Crippen MR) is 106 cm³/mol. The van der Waals surface area contributed by atoms with Crippen molar-refractivity contribution in [3.63, 3.8) is 0 Å². The molecule has 1 heterocycles. The summed E-state index contributed by atoms with van der Waals surface area (Å²) >= 11 is 2.31. The first-order valence-corrected chi connectivity index (χ1v) is 8.81. The van der Waals surface area contributed by atoms with E-state index in [9.17, 15) is 0 Å². The zero-order valence-corrected chi connectivity index (χ0v) is 15.4.